The summed E-state index contributed by atoms with van der Waals surface area (Å²) < 4.78 is 7.10. The Hall–Kier alpha value is -2.57. The van der Waals surface area contributed by atoms with Gasteiger partial charge in [-0.1, -0.05) is 20.8 Å². The minimum Gasteiger partial charge on any atom is -0.456 e. The molecule has 3 fully saturated rings. The molecule has 0 spiro atoms. The maximum atomic E-state index is 13.2. The molecule has 4 heterocycles. The van der Waals surface area contributed by atoms with Crippen LogP contribution in [0.5, 0.6) is 0 Å². The van der Waals surface area contributed by atoms with Crippen molar-refractivity contribution in [2.24, 2.45) is 13.0 Å². The minimum atomic E-state index is -0.214. The first-order valence-electron chi connectivity index (χ1n) is 9.37. The van der Waals surface area contributed by atoms with Crippen molar-refractivity contribution >= 4 is 11.8 Å². The van der Waals surface area contributed by atoms with Crippen LogP contribution >= 0.6 is 0 Å². The molecule has 2 amide bonds. The van der Waals surface area contributed by atoms with Crippen molar-refractivity contribution in [3.8, 4) is 0 Å². The van der Waals surface area contributed by atoms with E-state index in [1.54, 1.807) is 23.0 Å². The molecule has 1 N–H and O–H groups in total. The molecule has 2 saturated heterocycles. The summed E-state index contributed by atoms with van der Waals surface area (Å²) in [5, 5.41) is 7.56. The van der Waals surface area contributed by atoms with E-state index >= 15 is 0 Å². The normalized spacial score (nSPS) is 24.0. The van der Waals surface area contributed by atoms with E-state index in [0.29, 0.717) is 29.5 Å². The summed E-state index contributed by atoms with van der Waals surface area (Å²) in [6.07, 6.45) is 2.73. The third kappa shape index (κ3) is 2.95. The smallest absolute Gasteiger partial charge is 0.287 e. The summed E-state index contributed by atoms with van der Waals surface area (Å²) in [5.41, 5.74) is 1.26. The first-order chi connectivity index (χ1) is 12.6. The fourth-order valence-electron chi connectivity index (χ4n) is 4.20. The van der Waals surface area contributed by atoms with Gasteiger partial charge in [0.05, 0.1) is 23.3 Å². The Morgan fingerprint density at radius 2 is 2.04 bits per heavy atom. The molecule has 0 radical (unpaired) electrons. The van der Waals surface area contributed by atoms with Crippen molar-refractivity contribution in [1.29, 1.82) is 0 Å². The number of carbonyl (C=O) groups is 2. The fraction of sp³-hybridized carbons (Fsp3) is 0.550. The highest BCUT2D eigenvalue weighted by Gasteiger charge is 2.55. The summed E-state index contributed by atoms with van der Waals surface area (Å²) in [5.74, 6) is 1.12. The van der Waals surface area contributed by atoms with E-state index in [4.69, 9.17) is 4.42 Å². The Labute approximate surface area is 158 Å². The van der Waals surface area contributed by atoms with Gasteiger partial charge in [0.2, 0.25) is 0 Å². The van der Waals surface area contributed by atoms with E-state index in [1.165, 1.54) is 0 Å². The number of amides is 2. The Morgan fingerprint density at radius 1 is 1.30 bits per heavy atom. The SMILES string of the molecule is Cc1ccc(C(=O)NC2C3CC2N(C(=O)c2cn(C)nc2C(C)(C)C)C3)o1. The molecule has 27 heavy (non-hydrogen) atoms. The van der Waals surface area contributed by atoms with Crippen LogP contribution in [0.3, 0.4) is 0 Å². The van der Waals surface area contributed by atoms with Gasteiger partial charge in [0, 0.05) is 31.1 Å². The highest BCUT2D eigenvalue weighted by molar-refractivity contribution is 5.96. The average molecular weight is 370 g/mol. The van der Waals surface area contributed by atoms with Crippen LogP contribution in [-0.4, -0.2) is 45.1 Å². The van der Waals surface area contributed by atoms with Crippen LogP contribution in [0.1, 0.15) is 59.6 Å². The largest absolute Gasteiger partial charge is 0.456 e. The summed E-state index contributed by atoms with van der Waals surface area (Å²) in [7, 11) is 1.84. The van der Waals surface area contributed by atoms with E-state index in [2.05, 4.69) is 31.2 Å². The number of carbonyl (C=O) groups excluding carboxylic acids is 2. The van der Waals surface area contributed by atoms with E-state index in [0.717, 1.165) is 12.1 Å². The number of furan rings is 1. The number of rotatable bonds is 3. The van der Waals surface area contributed by atoms with Gasteiger partial charge in [0.1, 0.15) is 5.76 Å². The molecule has 1 saturated carbocycles. The Morgan fingerprint density at radius 3 is 2.67 bits per heavy atom. The number of aryl methyl sites for hydroxylation is 2. The lowest BCUT2D eigenvalue weighted by Crippen LogP contribution is -2.55. The van der Waals surface area contributed by atoms with Crippen molar-refractivity contribution in [3.05, 3.63) is 41.1 Å². The molecule has 3 atom stereocenters. The monoisotopic (exact) mass is 370 g/mol. The van der Waals surface area contributed by atoms with Gasteiger partial charge in [0.25, 0.3) is 11.8 Å². The second-order valence-corrected chi connectivity index (χ2v) is 8.75. The fourth-order valence-corrected chi connectivity index (χ4v) is 4.20. The van der Waals surface area contributed by atoms with Crippen molar-refractivity contribution in [2.75, 3.05) is 6.54 Å². The van der Waals surface area contributed by atoms with Crippen molar-refractivity contribution in [1.82, 2.24) is 20.0 Å². The van der Waals surface area contributed by atoms with E-state index in [1.807, 2.05) is 18.9 Å². The lowest BCUT2D eigenvalue weighted by molar-refractivity contribution is 0.0691. The summed E-state index contributed by atoms with van der Waals surface area (Å²) in [6, 6.07) is 3.48. The average Bonchev–Trinajstić information content (AvgIpc) is 3.32. The van der Waals surface area contributed by atoms with Gasteiger partial charge in [-0.15, -0.1) is 0 Å². The maximum Gasteiger partial charge on any atom is 0.287 e. The highest BCUT2D eigenvalue weighted by Crippen LogP contribution is 2.42. The van der Waals surface area contributed by atoms with Gasteiger partial charge >= 0.3 is 0 Å². The third-order valence-corrected chi connectivity index (χ3v) is 5.59. The summed E-state index contributed by atoms with van der Waals surface area (Å²) in [6.45, 7) is 8.66. The molecule has 2 aromatic heterocycles. The number of aromatic nitrogens is 2. The molecule has 7 heteroatoms. The molecular formula is C20H26N4O3. The molecule has 7 nitrogen and oxygen atoms in total. The second-order valence-electron chi connectivity index (χ2n) is 8.75. The zero-order chi connectivity index (χ0) is 19.5. The molecule has 144 valence electrons. The van der Waals surface area contributed by atoms with Crippen LogP contribution in [0.15, 0.2) is 22.7 Å². The summed E-state index contributed by atoms with van der Waals surface area (Å²) >= 11 is 0. The molecule has 2 bridgehead atoms. The van der Waals surface area contributed by atoms with Gasteiger partial charge < -0.3 is 14.6 Å². The predicted octanol–water partition coefficient (Wildman–Crippen LogP) is 2.26. The zero-order valence-electron chi connectivity index (χ0n) is 16.4. The number of nitrogens with one attached hydrogen (secondary N) is 1. The van der Waals surface area contributed by atoms with Crippen LogP contribution in [0.2, 0.25) is 0 Å². The van der Waals surface area contributed by atoms with Crippen molar-refractivity contribution in [3.63, 3.8) is 0 Å². The molecule has 1 aliphatic carbocycles. The Kier molecular flexibility index (Phi) is 3.94. The summed E-state index contributed by atoms with van der Waals surface area (Å²) in [4.78, 5) is 27.5. The second kappa shape index (κ2) is 5.97. The van der Waals surface area contributed by atoms with Crippen LogP contribution in [0, 0.1) is 12.8 Å². The van der Waals surface area contributed by atoms with Crippen LogP contribution in [0.25, 0.3) is 0 Å². The van der Waals surface area contributed by atoms with Crippen molar-refractivity contribution in [2.45, 2.75) is 51.6 Å². The number of fused-ring (bicyclic) bond motifs is 1. The molecule has 0 aromatic carbocycles. The van der Waals surface area contributed by atoms with Crippen molar-refractivity contribution < 1.29 is 14.0 Å². The zero-order valence-corrected chi connectivity index (χ0v) is 16.4. The number of nitrogens with zero attached hydrogens (tertiary/aromatic N) is 3. The van der Waals surface area contributed by atoms with Crippen LogP contribution in [-0.2, 0) is 12.5 Å². The van der Waals surface area contributed by atoms with Crippen LogP contribution in [0.4, 0.5) is 0 Å². The van der Waals surface area contributed by atoms with Gasteiger partial charge in [-0.25, -0.2) is 0 Å². The number of hydrogen-bond donors (Lipinski definition) is 1. The standard InChI is InChI=1S/C20H26N4O3/c1-11-6-7-15(27-11)18(25)21-16-12-8-14(16)24(9-12)19(26)13-10-23(5)22-17(13)20(2,3)4/h6-7,10,12,14,16H,8-9H2,1-5H3,(H,21,25). The lowest BCUT2D eigenvalue weighted by atomic mass is 9.80. The van der Waals surface area contributed by atoms with Gasteiger partial charge in [-0.05, 0) is 25.5 Å². The molecule has 3 aliphatic rings. The maximum absolute atomic E-state index is 13.2. The molecule has 2 aromatic rings. The number of hydrogen-bond acceptors (Lipinski definition) is 4. The quantitative estimate of drug-likeness (QED) is 0.899. The third-order valence-electron chi connectivity index (χ3n) is 5.59. The lowest BCUT2D eigenvalue weighted by Gasteiger charge is -2.36. The first-order valence-corrected chi connectivity index (χ1v) is 9.37. The van der Waals surface area contributed by atoms with E-state index in [9.17, 15) is 9.59 Å². The minimum absolute atomic E-state index is 0.00566. The molecule has 3 unspecified atom stereocenters. The van der Waals surface area contributed by atoms with E-state index in [-0.39, 0.29) is 29.3 Å². The molecular weight excluding hydrogens is 344 g/mol. The topological polar surface area (TPSA) is 80.4 Å². The van der Waals surface area contributed by atoms with Gasteiger partial charge in [-0.2, -0.15) is 5.10 Å². The predicted molar refractivity (Wildman–Crippen MR) is 99.5 cm³/mol. The van der Waals surface area contributed by atoms with E-state index < -0.39 is 0 Å². The van der Waals surface area contributed by atoms with Crippen LogP contribution < -0.4 is 5.32 Å². The first kappa shape index (κ1) is 17.8. The molecule has 2 aliphatic heterocycles. The Bertz CT molecular complexity index is 905. The Balaban J connectivity index is 1.50. The van der Waals surface area contributed by atoms with Gasteiger partial charge in [-0.3, -0.25) is 14.3 Å². The molecule has 5 rings (SSSR count). The highest BCUT2D eigenvalue weighted by atomic mass is 16.3. The van der Waals surface area contributed by atoms with Gasteiger partial charge in [0.15, 0.2) is 5.76 Å².